The fraction of sp³-hybridized carbons (Fsp3) is 0.0312. The van der Waals surface area contributed by atoms with Gasteiger partial charge in [0.25, 0.3) is 0 Å². The summed E-state index contributed by atoms with van der Waals surface area (Å²) in [7, 11) is 0. The standard InChI is InChI=1S/C32H18N8.Ni/c1-2-10-18-17(9-1)25-33-26(18)38-28-21-13-5-6-14-22(21)30(35-28)40-32-24-16-8-7-15-23(24)31(36-32)39-29-20-12-4-3-11-19(20)27(34-29)37-25;/h1-16,25,37H;/q-2;+2. The Hall–Kier alpha value is -5.14. The fourth-order valence-corrected chi connectivity index (χ4v) is 5.66. The van der Waals surface area contributed by atoms with Crippen LogP contribution in [0, 0.1) is 0 Å². The molecule has 196 valence electrons. The maximum atomic E-state index is 5.01. The molecule has 0 saturated heterocycles. The Morgan fingerprint density at radius 1 is 0.512 bits per heavy atom. The molecule has 9 heteroatoms. The van der Waals surface area contributed by atoms with Gasteiger partial charge in [0, 0.05) is 39.3 Å². The molecular formula is C32H18N8Ni. The minimum Gasteiger partial charge on any atom is -0.416 e. The monoisotopic (exact) mass is 572 g/mol. The van der Waals surface area contributed by atoms with Crippen LogP contribution in [0.4, 0.5) is 11.6 Å². The first-order valence-electron chi connectivity index (χ1n) is 13.1. The van der Waals surface area contributed by atoms with E-state index in [2.05, 4.69) is 11.4 Å². The van der Waals surface area contributed by atoms with E-state index in [1.165, 1.54) is 0 Å². The molecule has 4 aromatic carbocycles. The van der Waals surface area contributed by atoms with Crippen molar-refractivity contribution < 1.29 is 16.5 Å². The molecule has 0 amide bonds. The molecule has 8 bridgehead atoms. The third-order valence-corrected chi connectivity index (χ3v) is 7.54. The third-order valence-electron chi connectivity index (χ3n) is 7.54. The number of hydrogen-bond donors (Lipinski definition) is 1. The molecule has 0 spiro atoms. The van der Waals surface area contributed by atoms with Crippen molar-refractivity contribution in [2.75, 3.05) is 5.32 Å². The summed E-state index contributed by atoms with van der Waals surface area (Å²) >= 11 is 0. The zero-order chi connectivity index (χ0) is 26.2. The SMILES string of the molecule is [Ni+2].c1ccc2c(c1)C1=N/C2=N\c2[n-]c(c3ccccc23)NC2N=C(N=c3[n-]c(c4ccccc34)=N1)c1ccccc12. The normalized spacial score (nSPS) is 17.7. The Morgan fingerprint density at radius 3 is 1.80 bits per heavy atom. The summed E-state index contributed by atoms with van der Waals surface area (Å²) in [6, 6.07) is 32.2. The number of aromatic nitrogens is 2. The average Bonchev–Trinajstić information content (AvgIpc) is 3.73. The van der Waals surface area contributed by atoms with Crippen LogP contribution >= 0.6 is 0 Å². The van der Waals surface area contributed by atoms with E-state index in [0.717, 1.165) is 43.8 Å². The van der Waals surface area contributed by atoms with E-state index in [1.807, 2.05) is 91.0 Å². The number of hydrogen-bond acceptors (Lipinski definition) is 6. The number of benzene rings is 4. The van der Waals surface area contributed by atoms with Gasteiger partial charge in [0.2, 0.25) is 0 Å². The van der Waals surface area contributed by atoms with E-state index in [9.17, 15) is 0 Å². The van der Waals surface area contributed by atoms with E-state index in [1.54, 1.807) is 0 Å². The van der Waals surface area contributed by atoms with Crippen molar-refractivity contribution >= 4 is 50.7 Å². The Kier molecular flexibility index (Phi) is 5.17. The van der Waals surface area contributed by atoms with Crippen molar-refractivity contribution in [2.45, 2.75) is 6.17 Å². The summed E-state index contributed by atoms with van der Waals surface area (Å²) in [6.45, 7) is 0. The van der Waals surface area contributed by atoms with E-state index in [0.29, 0.717) is 40.1 Å². The largest absolute Gasteiger partial charge is 2.00 e. The molecule has 0 fully saturated rings. The summed E-state index contributed by atoms with van der Waals surface area (Å²) in [5.74, 6) is 3.07. The zero-order valence-electron chi connectivity index (χ0n) is 21.3. The Morgan fingerprint density at radius 2 is 1.07 bits per heavy atom. The number of amidine groups is 3. The number of nitrogens with zero attached hydrogens (tertiary/aromatic N) is 7. The maximum absolute atomic E-state index is 5.01. The molecule has 41 heavy (non-hydrogen) atoms. The fourth-order valence-electron chi connectivity index (χ4n) is 5.66. The predicted octanol–water partition coefficient (Wildman–Crippen LogP) is 4.57. The molecule has 3 aliphatic rings. The van der Waals surface area contributed by atoms with Crippen LogP contribution in [0.2, 0.25) is 0 Å². The number of aliphatic imine (C=N–C) groups is 3. The van der Waals surface area contributed by atoms with Crippen LogP contribution in [-0.2, 0) is 16.5 Å². The predicted molar refractivity (Wildman–Crippen MR) is 155 cm³/mol. The first kappa shape index (κ1) is 23.7. The summed E-state index contributed by atoms with van der Waals surface area (Å²) in [5, 5.41) is 7.30. The van der Waals surface area contributed by atoms with Gasteiger partial charge in [0.1, 0.15) is 6.17 Å². The summed E-state index contributed by atoms with van der Waals surface area (Å²) in [4.78, 5) is 34.7. The van der Waals surface area contributed by atoms with Crippen LogP contribution in [0.1, 0.15) is 28.4 Å². The Labute approximate surface area is 243 Å². The first-order chi connectivity index (χ1) is 19.8. The molecular weight excluding hydrogens is 555 g/mol. The van der Waals surface area contributed by atoms with Gasteiger partial charge in [-0.25, -0.2) is 4.99 Å². The maximum Gasteiger partial charge on any atom is 2.00 e. The molecule has 3 aliphatic heterocycles. The minimum absolute atomic E-state index is 0. The molecule has 9 rings (SSSR count). The van der Waals surface area contributed by atoms with Gasteiger partial charge in [0.15, 0.2) is 0 Å². The van der Waals surface area contributed by atoms with Crippen molar-refractivity contribution in [3.8, 4) is 0 Å². The second kappa shape index (κ2) is 8.94. The van der Waals surface area contributed by atoms with Crippen LogP contribution in [0.5, 0.6) is 0 Å². The summed E-state index contributed by atoms with van der Waals surface area (Å²) in [5.41, 5.74) is 4.95. The van der Waals surface area contributed by atoms with Crippen LogP contribution in [-0.4, -0.2) is 17.5 Å². The van der Waals surface area contributed by atoms with Crippen LogP contribution in [0.3, 0.4) is 0 Å². The van der Waals surface area contributed by atoms with Crippen molar-refractivity contribution in [2.24, 2.45) is 25.0 Å². The third kappa shape index (κ3) is 3.56. The van der Waals surface area contributed by atoms with Gasteiger partial charge >= 0.3 is 16.5 Å². The second-order valence-electron chi connectivity index (χ2n) is 9.86. The van der Waals surface area contributed by atoms with Gasteiger partial charge in [-0.1, -0.05) is 97.1 Å². The summed E-state index contributed by atoms with van der Waals surface area (Å²) < 4.78 is 0. The van der Waals surface area contributed by atoms with E-state index >= 15 is 0 Å². The van der Waals surface area contributed by atoms with Gasteiger partial charge < -0.3 is 30.3 Å². The van der Waals surface area contributed by atoms with Crippen LogP contribution in [0.25, 0.3) is 21.5 Å². The van der Waals surface area contributed by atoms with E-state index in [4.69, 9.17) is 34.9 Å². The quantitative estimate of drug-likeness (QED) is 0.270. The number of nitrogens with one attached hydrogen (secondary N) is 1. The van der Waals surface area contributed by atoms with Gasteiger partial charge in [0.05, 0.1) is 17.5 Å². The van der Waals surface area contributed by atoms with Crippen molar-refractivity contribution in [3.05, 3.63) is 130 Å². The Balaban J connectivity index is 0.00000256. The van der Waals surface area contributed by atoms with Crippen LogP contribution < -0.4 is 26.3 Å². The number of anilines is 1. The molecule has 2 aromatic heterocycles. The molecule has 1 atom stereocenters. The smallest absolute Gasteiger partial charge is 0.416 e. The number of fused-ring (bicyclic) bond motifs is 18. The van der Waals surface area contributed by atoms with Gasteiger partial charge in [-0.3, -0.25) is 4.99 Å². The van der Waals surface area contributed by atoms with Crippen molar-refractivity contribution in [1.29, 1.82) is 0 Å². The molecule has 0 aliphatic carbocycles. The molecule has 0 saturated carbocycles. The van der Waals surface area contributed by atoms with E-state index < -0.39 is 0 Å². The van der Waals surface area contributed by atoms with Crippen molar-refractivity contribution in [1.82, 2.24) is 9.97 Å². The number of rotatable bonds is 0. The molecule has 5 heterocycles. The first-order valence-corrected chi connectivity index (χ1v) is 13.1. The minimum atomic E-state index is -0.358. The van der Waals surface area contributed by atoms with E-state index in [-0.39, 0.29) is 22.7 Å². The molecule has 1 unspecified atom stereocenters. The van der Waals surface area contributed by atoms with Crippen LogP contribution in [0.15, 0.2) is 122 Å². The zero-order valence-corrected chi connectivity index (χ0v) is 22.2. The van der Waals surface area contributed by atoms with Gasteiger partial charge in [-0.05, 0) is 27.1 Å². The van der Waals surface area contributed by atoms with Crippen molar-refractivity contribution in [3.63, 3.8) is 0 Å². The summed E-state index contributed by atoms with van der Waals surface area (Å²) in [6.07, 6.45) is -0.358. The van der Waals surface area contributed by atoms with Gasteiger partial charge in [-0.15, -0.1) is 0 Å². The molecule has 8 nitrogen and oxygen atoms in total. The average molecular weight is 573 g/mol. The topological polar surface area (TPSA) is 102 Å². The molecule has 1 N–H and O–H groups in total. The second-order valence-corrected chi connectivity index (χ2v) is 9.86. The molecule has 6 aromatic rings. The molecule has 0 radical (unpaired) electrons. The van der Waals surface area contributed by atoms with Gasteiger partial charge in [-0.2, -0.15) is 0 Å². The Bertz CT molecular complexity index is 2270.